The van der Waals surface area contributed by atoms with Gasteiger partial charge in [0.05, 0.1) is 23.0 Å². The molecule has 0 amide bonds. The maximum atomic E-state index is 13.8. The summed E-state index contributed by atoms with van der Waals surface area (Å²) in [5, 5.41) is 5.94. The topological polar surface area (TPSA) is 68.8 Å². The Kier molecular flexibility index (Phi) is 7.09. The van der Waals surface area contributed by atoms with Crippen molar-refractivity contribution >= 4 is 71.7 Å². The maximum absolute atomic E-state index is 13.8. The Labute approximate surface area is 278 Å². The summed E-state index contributed by atoms with van der Waals surface area (Å²) in [5.41, 5.74) is 4.90. The number of para-hydroxylation sites is 4. The van der Waals surface area contributed by atoms with E-state index in [0.29, 0.717) is 30.4 Å². The van der Waals surface area contributed by atoms with Crippen LogP contribution in [0.4, 0.5) is 5.69 Å². The van der Waals surface area contributed by atoms with Crippen molar-refractivity contribution in [3.8, 4) is 0 Å². The molecule has 0 radical (unpaired) electrons. The second-order valence-electron chi connectivity index (χ2n) is 13.4. The summed E-state index contributed by atoms with van der Waals surface area (Å²) in [4.78, 5) is 34.4. The number of ether oxygens (including phenoxy) is 1. The molecule has 5 aromatic carbocycles. The summed E-state index contributed by atoms with van der Waals surface area (Å²) in [6.07, 6.45) is 1.34. The summed E-state index contributed by atoms with van der Waals surface area (Å²) in [7, 11) is 2.00. The van der Waals surface area contributed by atoms with Gasteiger partial charge in [0.1, 0.15) is 12.3 Å². The molecule has 0 N–H and O–H groups in total. The number of likely N-dealkylation sites (N-methyl/N-ethyl adjacent to an activating group) is 1. The van der Waals surface area contributed by atoms with E-state index in [1.54, 1.807) is 4.40 Å². The molecule has 0 aliphatic heterocycles. The van der Waals surface area contributed by atoms with E-state index < -0.39 is 5.41 Å². The third kappa shape index (κ3) is 4.52. The highest BCUT2D eigenvalue weighted by molar-refractivity contribution is 6.18. The fraction of sp³-hybridized carbons (Fsp3) is 0.244. The summed E-state index contributed by atoms with van der Waals surface area (Å²) >= 11 is 0. The Bertz CT molecular complexity index is 2510. The molecule has 8 aromatic rings. The SMILES string of the molecule is CCC(C)(CC(C)n1c2ccccc2c2ccccc21)C(=O)OCCN(C)c1ccc2c(=O)n3c4ccccc4nc3c3cccc1c23. The van der Waals surface area contributed by atoms with Crippen LogP contribution < -0.4 is 10.5 Å². The first kappa shape index (κ1) is 29.9. The van der Waals surface area contributed by atoms with Gasteiger partial charge in [0.15, 0.2) is 0 Å². The van der Waals surface area contributed by atoms with E-state index in [4.69, 9.17) is 9.72 Å². The van der Waals surface area contributed by atoms with Crippen molar-refractivity contribution in [3.63, 3.8) is 0 Å². The molecule has 0 spiro atoms. The minimum Gasteiger partial charge on any atom is -0.463 e. The molecular formula is C41H38N4O3. The predicted octanol–water partition coefficient (Wildman–Crippen LogP) is 8.75. The van der Waals surface area contributed by atoms with Gasteiger partial charge in [0.25, 0.3) is 5.56 Å². The van der Waals surface area contributed by atoms with Crippen LogP contribution in [-0.2, 0) is 9.53 Å². The zero-order chi connectivity index (χ0) is 33.2. The van der Waals surface area contributed by atoms with Crippen LogP contribution in [0.3, 0.4) is 0 Å². The van der Waals surface area contributed by atoms with Crippen molar-refractivity contribution in [2.24, 2.45) is 5.41 Å². The first-order valence-electron chi connectivity index (χ1n) is 16.7. The molecule has 0 saturated carbocycles. The molecular weight excluding hydrogens is 596 g/mol. The lowest BCUT2D eigenvalue weighted by Gasteiger charge is -2.31. The van der Waals surface area contributed by atoms with E-state index in [2.05, 4.69) is 77.9 Å². The van der Waals surface area contributed by atoms with Crippen molar-refractivity contribution in [2.75, 3.05) is 25.1 Å². The lowest BCUT2D eigenvalue weighted by atomic mass is 9.81. The Morgan fingerprint density at radius 3 is 2.15 bits per heavy atom. The second-order valence-corrected chi connectivity index (χ2v) is 13.4. The van der Waals surface area contributed by atoms with E-state index in [1.165, 1.54) is 21.8 Å². The molecule has 240 valence electrons. The van der Waals surface area contributed by atoms with Gasteiger partial charge in [-0.1, -0.05) is 73.7 Å². The summed E-state index contributed by atoms with van der Waals surface area (Å²) in [5.74, 6) is -0.174. The zero-order valence-electron chi connectivity index (χ0n) is 27.7. The number of imidazole rings is 1. The van der Waals surface area contributed by atoms with Crippen LogP contribution in [0.5, 0.6) is 0 Å². The van der Waals surface area contributed by atoms with Crippen LogP contribution in [0, 0.1) is 5.41 Å². The molecule has 0 bridgehead atoms. The number of hydrogen-bond donors (Lipinski definition) is 0. The van der Waals surface area contributed by atoms with Gasteiger partial charge in [-0.3, -0.25) is 14.0 Å². The molecule has 3 heterocycles. The molecule has 48 heavy (non-hydrogen) atoms. The van der Waals surface area contributed by atoms with E-state index in [9.17, 15) is 9.59 Å². The molecule has 0 fully saturated rings. The highest BCUT2D eigenvalue weighted by atomic mass is 16.5. The fourth-order valence-electron chi connectivity index (χ4n) is 7.73. The van der Waals surface area contributed by atoms with Crippen molar-refractivity contribution in [1.29, 1.82) is 0 Å². The quantitative estimate of drug-likeness (QED) is 0.149. The molecule has 7 heteroatoms. The number of carbonyl (C=O) groups excluding carboxylic acids is 1. The Morgan fingerprint density at radius 1 is 0.812 bits per heavy atom. The highest BCUT2D eigenvalue weighted by Gasteiger charge is 2.36. The Balaban J connectivity index is 1.03. The molecule has 2 unspecified atom stereocenters. The second kappa shape index (κ2) is 11.4. The highest BCUT2D eigenvalue weighted by Crippen LogP contribution is 2.39. The van der Waals surface area contributed by atoms with Gasteiger partial charge >= 0.3 is 5.97 Å². The number of carbonyl (C=O) groups is 1. The molecule has 0 aliphatic rings. The zero-order valence-corrected chi connectivity index (χ0v) is 27.7. The fourth-order valence-corrected chi connectivity index (χ4v) is 7.73. The average molecular weight is 635 g/mol. The van der Waals surface area contributed by atoms with Gasteiger partial charge in [-0.05, 0) is 63.1 Å². The number of hydrogen-bond acceptors (Lipinski definition) is 5. The predicted molar refractivity (Wildman–Crippen MR) is 197 cm³/mol. The van der Waals surface area contributed by atoms with Crippen molar-refractivity contribution < 1.29 is 9.53 Å². The largest absolute Gasteiger partial charge is 0.463 e. The van der Waals surface area contributed by atoms with Crippen LogP contribution >= 0.6 is 0 Å². The van der Waals surface area contributed by atoms with Gasteiger partial charge in [0, 0.05) is 62.1 Å². The molecule has 3 aromatic heterocycles. The van der Waals surface area contributed by atoms with E-state index >= 15 is 0 Å². The van der Waals surface area contributed by atoms with Crippen molar-refractivity contribution in [3.05, 3.63) is 113 Å². The van der Waals surface area contributed by atoms with Gasteiger partial charge in [0.2, 0.25) is 0 Å². The Morgan fingerprint density at radius 2 is 1.44 bits per heavy atom. The third-order valence-electron chi connectivity index (χ3n) is 10.4. The van der Waals surface area contributed by atoms with E-state index in [1.807, 2.05) is 62.5 Å². The number of fused-ring (bicyclic) bond motifs is 7. The number of pyridine rings is 1. The summed E-state index contributed by atoms with van der Waals surface area (Å²) in [6, 6.07) is 34.8. The van der Waals surface area contributed by atoms with Crippen LogP contribution in [0.2, 0.25) is 0 Å². The number of rotatable bonds is 9. The average Bonchev–Trinajstić information content (AvgIpc) is 3.67. The standard InChI is InChI=1S/C41H38N4O3/c1-5-41(3,25-26(2)44-34-18-9-6-13-27(34)28-14-7-10-19-35(28)44)40(47)48-24-23-43(4)33-22-21-31-37-29(33)15-12-16-30(37)38-42-32-17-8-11-20-36(32)45(38)39(31)46/h6-22,26H,5,23-25H2,1-4H3. The number of nitrogens with zero attached hydrogens (tertiary/aromatic N) is 4. The minimum absolute atomic E-state index is 0.0699. The van der Waals surface area contributed by atoms with Crippen molar-refractivity contribution in [2.45, 2.75) is 39.7 Å². The smallest absolute Gasteiger partial charge is 0.311 e. The molecule has 0 aliphatic carbocycles. The maximum Gasteiger partial charge on any atom is 0.311 e. The molecule has 0 saturated heterocycles. The number of anilines is 1. The lowest BCUT2D eigenvalue weighted by molar-refractivity contribution is -0.155. The van der Waals surface area contributed by atoms with Gasteiger partial charge in [-0.2, -0.15) is 0 Å². The summed E-state index contributed by atoms with van der Waals surface area (Å²) < 4.78 is 10.1. The lowest BCUT2D eigenvalue weighted by Crippen LogP contribution is -2.34. The number of aromatic nitrogens is 3. The number of esters is 1. The minimum atomic E-state index is -0.642. The molecule has 7 nitrogen and oxygen atoms in total. The van der Waals surface area contributed by atoms with Crippen molar-refractivity contribution in [1.82, 2.24) is 14.0 Å². The normalized spacial score (nSPS) is 14.0. The third-order valence-corrected chi connectivity index (χ3v) is 10.4. The Hall–Kier alpha value is -5.43. The van der Waals surface area contributed by atoms with Crippen LogP contribution in [0.1, 0.15) is 39.7 Å². The van der Waals surface area contributed by atoms with Gasteiger partial charge in [-0.15, -0.1) is 0 Å². The van der Waals surface area contributed by atoms with Gasteiger partial charge < -0.3 is 14.2 Å². The van der Waals surface area contributed by atoms with Gasteiger partial charge in [-0.25, -0.2) is 4.98 Å². The van der Waals surface area contributed by atoms with Crippen LogP contribution in [0.25, 0.3) is 60.0 Å². The van der Waals surface area contributed by atoms with Crippen LogP contribution in [-0.4, -0.2) is 40.1 Å². The monoisotopic (exact) mass is 634 g/mol. The molecule has 2 atom stereocenters. The molecule has 8 rings (SSSR count). The first-order valence-corrected chi connectivity index (χ1v) is 16.7. The first-order chi connectivity index (χ1) is 23.3. The number of benzene rings is 5. The van der Waals surface area contributed by atoms with E-state index in [0.717, 1.165) is 32.9 Å². The van der Waals surface area contributed by atoms with E-state index in [-0.39, 0.29) is 24.2 Å². The summed E-state index contributed by atoms with van der Waals surface area (Å²) in [6.45, 7) is 7.06. The van der Waals surface area contributed by atoms with Crippen LogP contribution in [0.15, 0.2) is 108 Å².